The van der Waals surface area contributed by atoms with Crippen LogP contribution in [0.15, 0.2) is 0 Å². The van der Waals surface area contributed by atoms with Crippen molar-refractivity contribution in [1.29, 1.82) is 0 Å². The average Bonchev–Trinajstić information content (AvgIpc) is 3.19. The van der Waals surface area contributed by atoms with E-state index >= 15 is 0 Å². The number of rotatable bonds is 7. The minimum absolute atomic E-state index is 0.432. The van der Waals surface area contributed by atoms with Gasteiger partial charge in [0, 0.05) is 30.6 Å². The average molecular weight is 291 g/mol. The molecule has 118 valence electrons. The molecule has 0 amide bonds. The molecule has 1 aromatic rings. The Morgan fingerprint density at radius 3 is 2.29 bits per heavy atom. The predicted molar refractivity (Wildman–Crippen MR) is 85.6 cm³/mol. The van der Waals surface area contributed by atoms with Gasteiger partial charge >= 0.3 is 0 Å². The van der Waals surface area contributed by atoms with Crippen LogP contribution in [0.3, 0.4) is 0 Å². The van der Waals surface area contributed by atoms with Crippen LogP contribution in [0.25, 0.3) is 0 Å². The fourth-order valence-electron chi connectivity index (χ4n) is 2.87. The molecule has 1 N–H and O–H groups in total. The fraction of sp³-hybridized carbons (Fsp3) is 0.765. The molecule has 1 unspecified atom stereocenters. The van der Waals surface area contributed by atoms with Gasteiger partial charge in [-0.2, -0.15) is 0 Å². The molecule has 0 radical (unpaired) electrons. The zero-order valence-electron chi connectivity index (χ0n) is 14.3. The summed E-state index contributed by atoms with van der Waals surface area (Å²) in [5, 5.41) is 3.59. The molecule has 0 aliphatic heterocycles. The molecule has 0 spiro atoms. The summed E-state index contributed by atoms with van der Waals surface area (Å²) < 4.78 is 5.78. The van der Waals surface area contributed by atoms with E-state index in [0.29, 0.717) is 12.5 Å². The number of aromatic nitrogens is 2. The molecule has 1 aromatic heterocycles. The lowest BCUT2D eigenvalue weighted by atomic mass is 9.97. The van der Waals surface area contributed by atoms with Gasteiger partial charge in [-0.3, -0.25) is 0 Å². The van der Waals surface area contributed by atoms with Crippen LogP contribution in [-0.2, 0) is 10.3 Å². The highest BCUT2D eigenvalue weighted by molar-refractivity contribution is 5.29. The Balaban J connectivity index is 2.19. The van der Waals surface area contributed by atoms with Gasteiger partial charge in [0.2, 0.25) is 0 Å². The van der Waals surface area contributed by atoms with E-state index in [9.17, 15) is 0 Å². The minimum atomic E-state index is -0.432. The first-order valence-corrected chi connectivity index (χ1v) is 8.08. The van der Waals surface area contributed by atoms with Gasteiger partial charge in [0.1, 0.15) is 5.60 Å². The standard InChI is InChI=1S/C17H29N3O/c1-7-21-17(5,6)16-19-12(3)15(13(4)20-16)11(2)10-18-14-8-9-14/h11,14,18H,7-10H2,1-6H3. The van der Waals surface area contributed by atoms with Crippen LogP contribution in [0.1, 0.15) is 69.2 Å². The molecule has 21 heavy (non-hydrogen) atoms. The van der Waals surface area contributed by atoms with Crippen LogP contribution in [0.2, 0.25) is 0 Å². The van der Waals surface area contributed by atoms with Crippen molar-refractivity contribution in [3.8, 4) is 0 Å². The Bertz CT molecular complexity index is 472. The van der Waals surface area contributed by atoms with Crippen molar-refractivity contribution in [2.24, 2.45) is 0 Å². The van der Waals surface area contributed by atoms with E-state index in [0.717, 1.165) is 29.8 Å². The molecule has 1 aliphatic carbocycles. The van der Waals surface area contributed by atoms with E-state index in [1.165, 1.54) is 18.4 Å². The molecular formula is C17H29N3O. The maximum atomic E-state index is 5.78. The molecular weight excluding hydrogens is 262 g/mol. The summed E-state index contributed by atoms with van der Waals surface area (Å²) in [6, 6.07) is 0.741. The van der Waals surface area contributed by atoms with Crippen LogP contribution < -0.4 is 5.32 Å². The Hall–Kier alpha value is -1.00. The highest BCUT2D eigenvalue weighted by atomic mass is 16.5. The van der Waals surface area contributed by atoms with Crippen LogP contribution in [-0.4, -0.2) is 29.2 Å². The highest BCUT2D eigenvalue weighted by Crippen LogP contribution is 2.27. The zero-order chi connectivity index (χ0) is 15.6. The second-order valence-electron chi connectivity index (χ2n) is 6.66. The van der Waals surface area contributed by atoms with E-state index in [1.54, 1.807) is 0 Å². The second-order valence-corrected chi connectivity index (χ2v) is 6.66. The Morgan fingerprint density at radius 2 is 1.81 bits per heavy atom. The molecule has 1 fully saturated rings. The number of aryl methyl sites for hydroxylation is 2. The number of ether oxygens (including phenoxy) is 1. The van der Waals surface area contributed by atoms with Crippen molar-refractivity contribution < 1.29 is 4.74 Å². The molecule has 0 bridgehead atoms. The summed E-state index contributed by atoms with van der Waals surface area (Å²) in [5.41, 5.74) is 3.00. The maximum Gasteiger partial charge on any atom is 0.160 e. The number of nitrogens with one attached hydrogen (secondary N) is 1. The van der Waals surface area contributed by atoms with Crippen LogP contribution in [0.4, 0.5) is 0 Å². The van der Waals surface area contributed by atoms with Gasteiger partial charge in [0.05, 0.1) is 0 Å². The first kappa shape index (κ1) is 16.4. The quantitative estimate of drug-likeness (QED) is 0.838. The third kappa shape index (κ3) is 4.01. The van der Waals surface area contributed by atoms with Crippen molar-refractivity contribution in [2.75, 3.05) is 13.2 Å². The monoisotopic (exact) mass is 291 g/mol. The lowest BCUT2D eigenvalue weighted by Crippen LogP contribution is -2.27. The molecule has 0 aromatic carbocycles. The van der Waals surface area contributed by atoms with E-state index in [2.05, 4.69) is 26.1 Å². The zero-order valence-corrected chi connectivity index (χ0v) is 14.3. The fourth-order valence-corrected chi connectivity index (χ4v) is 2.87. The van der Waals surface area contributed by atoms with Crippen LogP contribution in [0, 0.1) is 13.8 Å². The van der Waals surface area contributed by atoms with Gasteiger partial charge in [-0.15, -0.1) is 0 Å². The van der Waals surface area contributed by atoms with Gasteiger partial charge in [0.15, 0.2) is 5.82 Å². The van der Waals surface area contributed by atoms with E-state index < -0.39 is 5.60 Å². The normalized spacial score (nSPS) is 17.0. The molecule has 2 rings (SSSR count). The summed E-state index contributed by atoms with van der Waals surface area (Å²) in [5.74, 6) is 1.22. The van der Waals surface area contributed by atoms with Crippen LogP contribution in [0.5, 0.6) is 0 Å². The highest BCUT2D eigenvalue weighted by Gasteiger charge is 2.27. The molecule has 0 saturated heterocycles. The van der Waals surface area contributed by atoms with Gasteiger partial charge < -0.3 is 10.1 Å². The lowest BCUT2D eigenvalue weighted by molar-refractivity contribution is -0.0210. The smallest absolute Gasteiger partial charge is 0.160 e. The maximum absolute atomic E-state index is 5.78. The van der Waals surface area contributed by atoms with Gasteiger partial charge in [-0.1, -0.05) is 6.92 Å². The molecule has 4 heteroatoms. The first-order chi connectivity index (χ1) is 9.85. The summed E-state index contributed by atoms with van der Waals surface area (Å²) in [6.45, 7) is 14.2. The Kier molecular flexibility index (Phi) is 4.99. The molecule has 1 aliphatic rings. The summed E-state index contributed by atoms with van der Waals surface area (Å²) in [6.07, 6.45) is 2.64. The number of hydrogen-bond acceptors (Lipinski definition) is 4. The Morgan fingerprint density at radius 1 is 1.24 bits per heavy atom. The van der Waals surface area contributed by atoms with E-state index in [1.807, 2.05) is 20.8 Å². The minimum Gasteiger partial charge on any atom is -0.368 e. The van der Waals surface area contributed by atoms with Gasteiger partial charge in [-0.25, -0.2) is 9.97 Å². The van der Waals surface area contributed by atoms with E-state index in [-0.39, 0.29) is 0 Å². The molecule has 1 heterocycles. The van der Waals surface area contributed by atoms with Crippen molar-refractivity contribution in [2.45, 2.75) is 71.9 Å². The second kappa shape index (κ2) is 6.41. The van der Waals surface area contributed by atoms with Gasteiger partial charge in [-0.05, 0) is 58.9 Å². The summed E-state index contributed by atoms with van der Waals surface area (Å²) >= 11 is 0. The van der Waals surface area contributed by atoms with Crippen molar-refractivity contribution >= 4 is 0 Å². The Labute approximate surface area is 128 Å². The van der Waals surface area contributed by atoms with Crippen LogP contribution >= 0.6 is 0 Å². The van der Waals surface area contributed by atoms with E-state index in [4.69, 9.17) is 14.7 Å². The van der Waals surface area contributed by atoms with Crippen molar-refractivity contribution in [1.82, 2.24) is 15.3 Å². The van der Waals surface area contributed by atoms with Gasteiger partial charge in [0.25, 0.3) is 0 Å². The molecule has 1 atom stereocenters. The first-order valence-electron chi connectivity index (χ1n) is 8.08. The topological polar surface area (TPSA) is 47.0 Å². The summed E-state index contributed by atoms with van der Waals surface area (Å²) in [7, 11) is 0. The largest absolute Gasteiger partial charge is 0.368 e. The third-order valence-electron chi connectivity index (χ3n) is 4.15. The van der Waals surface area contributed by atoms with Crippen molar-refractivity contribution in [3.05, 3.63) is 22.8 Å². The SMILES string of the molecule is CCOC(C)(C)c1nc(C)c(C(C)CNC2CC2)c(C)n1. The molecule has 4 nitrogen and oxygen atoms in total. The lowest BCUT2D eigenvalue weighted by Gasteiger charge is -2.25. The number of hydrogen-bond donors (Lipinski definition) is 1. The van der Waals surface area contributed by atoms with Crippen molar-refractivity contribution in [3.63, 3.8) is 0 Å². The number of nitrogens with zero attached hydrogens (tertiary/aromatic N) is 2. The molecule has 1 saturated carbocycles. The predicted octanol–water partition coefficient (Wildman–Crippen LogP) is 3.22. The summed E-state index contributed by atoms with van der Waals surface area (Å²) in [4.78, 5) is 9.45. The third-order valence-corrected chi connectivity index (χ3v) is 4.15.